The molecular weight excluding hydrogens is 331 g/mol. The van der Waals surface area contributed by atoms with Crippen LogP contribution in [0.5, 0.6) is 0 Å². The van der Waals surface area contributed by atoms with Crippen LogP contribution < -0.4 is 5.32 Å². The zero-order valence-corrected chi connectivity index (χ0v) is 14.3. The Hall–Kier alpha value is -2.82. The number of halogens is 1. The Bertz CT molecular complexity index is 891. The SMILES string of the molecule is O=C(Cc1ccc(F)cc1)N=C1C=CC2C(=C1)NC(=O)C1=C2CCCC1. The molecule has 3 aliphatic rings. The van der Waals surface area contributed by atoms with Crippen LogP contribution in [0.2, 0.25) is 0 Å². The molecule has 26 heavy (non-hydrogen) atoms. The number of aliphatic imine (C=N–C) groups is 1. The number of amides is 2. The normalized spacial score (nSPS) is 23.3. The molecule has 0 aromatic heterocycles. The van der Waals surface area contributed by atoms with Gasteiger partial charge < -0.3 is 5.32 Å². The highest BCUT2D eigenvalue weighted by Gasteiger charge is 2.32. The zero-order chi connectivity index (χ0) is 18.1. The third-order valence-electron chi connectivity index (χ3n) is 5.04. The van der Waals surface area contributed by atoms with Crippen LogP contribution in [-0.2, 0) is 16.0 Å². The maximum Gasteiger partial charge on any atom is 0.251 e. The van der Waals surface area contributed by atoms with Gasteiger partial charge in [-0.1, -0.05) is 18.2 Å². The Balaban J connectivity index is 1.53. The largest absolute Gasteiger partial charge is 0.325 e. The molecule has 2 aliphatic carbocycles. The molecule has 1 aromatic carbocycles. The first-order valence-corrected chi connectivity index (χ1v) is 8.89. The first-order valence-electron chi connectivity index (χ1n) is 8.89. The molecule has 1 N–H and O–H groups in total. The minimum atomic E-state index is -0.331. The van der Waals surface area contributed by atoms with Crippen LogP contribution in [0.1, 0.15) is 31.2 Å². The van der Waals surface area contributed by atoms with Gasteiger partial charge in [0.25, 0.3) is 11.8 Å². The van der Waals surface area contributed by atoms with Crippen molar-refractivity contribution in [1.29, 1.82) is 0 Å². The number of carbonyl (C=O) groups is 2. The first kappa shape index (κ1) is 16.6. The minimum Gasteiger partial charge on any atom is -0.325 e. The molecule has 0 spiro atoms. The number of fused-ring (bicyclic) bond motifs is 2. The van der Waals surface area contributed by atoms with Gasteiger partial charge in [-0.3, -0.25) is 9.59 Å². The third-order valence-corrected chi connectivity index (χ3v) is 5.04. The van der Waals surface area contributed by atoms with E-state index in [1.165, 1.54) is 17.7 Å². The maximum absolute atomic E-state index is 12.9. The Kier molecular flexibility index (Phi) is 4.37. The number of carbonyl (C=O) groups excluding carboxylic acids is 2. The summed E-state index contributed by atoms with van der Waals surface area (Å²) >= 11 is 0. The van der Waals surface area contributed by atoms with E-state index >= 15 is 0 Å². The molecule has 0 saturated heterocycles. The second-order valence-corrected chi connectivity index (χ2v) is 6.84. The van der Waals surface area contributed by atoms with Gasteiger partial charge in [0.1, 0.15) is 5.82 Å². The van der Waals surface area contributed by atoms with Gasteiger partial charge in [0.05, 0.1) is 12.1 Å². The molecule has 4 rings (SSSR count). The van der Waals surface area contributed by atoms with E-state index in [2.05, 4.69) is 10.3 Å². The number of allylic oxidation sites excluding steroid dienone is 3. The Labute approximate surface area is 151 Å². The van der Waals surface area contributed by atoms with E-state index in [9.17, 15) is 14.0 Å². The molecule has 1 unspecified atom stereocenters. The number of nitrogens with zero attached hydrogens (tertiary/aromatic N) is 1. The summed E-state index contributed by atoms with van der Waals surface area (Å²) in [7, 11) is 0. The Morgan fingerprint density at radius 3 is 2.77 bits per heavy atom. The molecule has 132 valence electrons. The van der Waals surface area contributed by atoms with Gasteiger partial charge in [0.15, 0.2) is 0 Å². The van der Waals surface area contributed by atoms with Gasteiger partial charge >= 0.3 is 0 Å². The van der Waals surface area contributed by atoms with Crippen molar-refractivity contribution < 1.29 is 14.0 Å². The van der Waals surface area contributed by atoms with Gasteiger partial charge in [0, 0.05) is 17.2 Å². The predicted octanol–water partition coefficient (Wildman–Crippen LogP) is 3.41. The molecule has 1 heterocycles. The smallest absolute Gasteiger partial charge is 0.251 e. The van der Waals surface area contributed by atoms with Gasteiger partial charge in [-0.05, 0) is 61.1 Å². The summed E-state index contributed by atoms with van der Waals surface area (Å²) in [5.74, 6) is -0.558. The molecule has 0 radical (unpaired) electrons. The Morgan fingerprint density at radius 1 is 1.19 bits per heavy atom. The molecule has 5 heteroatoms. The van der Waals surface area contributed by atoms with E-state index in [4.69, 9.17) is 0 Å². The van der Waals surface area contributed by atoms with Crippen LogP contribution >= 0.6 is 0 Å². The first-order chi connectivity index (χ1) is 12.6. The lowest BCUT2D eigenvalue weighted by atomic mass is 9.77. The van der Waals surface area contributed by atoms with Crippen molar-refractivity contribution in [3.05, 3.63) is 70.7 Å². The van der Waals surface area contributed by atoms with E-state index in [1.807, 2.05) is 12.2 Å². The second-order valence-electron chi connectivity index (χ2n) is 6.84. The minimum absolute atomic E-state index is 0.0190. The highest BCUT2D eigenvalue weighted by Crippen LogP contribution is 2.38. The lowest BCUT2D eigenvalue weighted by molar-refractivity contribution is -0.118. The van der Waals surface area contributed by atoms with Crippen LogP contribution in [0.4, 0.5) is 4.39 Å². The summed E-state index contributed by atoms with van der Waals surface area (Å²) in [6, 6.07) is 5.82. The van der Waals surface area contributed by atoms with Crippen molar-refractivity contribution in [2.75, 3.05) is 0 Å². The summed E-state index contributed by atoms with van der Waals surface area (Å²) in [6.45, 7) is 0. The molecule has 0 saturated carbocycles. The van der Waals surface area contributed by atoms with E-state index in [-0.39, 0.29) is 30.0 Å². The van der Waals surface area contributed by atoms with Gasteiger partial charge in [-0.15, -0.1) is 0 Å². The average molecular weight is 350 g/mol. The number of benzene rings is 1. The van der Waals surface area contributed by atoms with Gasteiger partial charge in [-0.2, -0.15) is 0 Å². The van der Waals surface area contributed by atoms with Crippen molar-refractivity contribution in [2.45, 2.75) is 32.1 Å². The van der Waals surface area contributed by atoms with Crippen LogP contribution in [0, 0.1) is 11.7 Å². The number of nitrogens with one attached hydrogen (secondary N) is 1. The Morgan fingerprint density at radius 2 is 1.96 bits per heavy atom. The van der Waals surface area contributed by atoms with E-state index in [0.717, 1.165) is 37.0 Å². The highest BCUT2D eigenvalue weighted by molar-refractivity contribution is 6.11. The number of hydrogen-bond donors (Lipinski definition) is 1. The fraction of sp³-hybridized carbons (Fsp3) is 0.286. The van der Waals surface area contributed by atoms with Crippen LogP contribution in [0.25, 0.3) is 0 Å². The predicted molar refractivity (Wildman–Crippen MR) is 96.9 cm³/mol. The zero-order valence-electron chi connectivity index (χ0n) is 14.3. The van der Waals surface area contributed by atoms with Crippen molar-refractivity contribution in [3.8, 4) is 0 Å². The molecular formula is C21H19FN2O2. The molecule has 4 nitrogen and oxygen atoms in total. The third kappa shape index (κ3) is 3.29. The van der Waals surface area contributed by atoms with Crippen LogP contribution in [0.15, 0.2) is 64.3 Å². The molecule has 0 fully saturated rings. The maximum atomic E-state index is 12.9. The van der Waals surface area contributed by atoms with Gasteiger partial charge in [0.2, 0.25) is 0 Å². The summed E-state index contributed by atoms with van der Waals surface area (Å²) in [6.07, 6.45) is 9.72. The monoisotopic (exact) mass is 350 g/mol. The van der Waals surface area contributed by atoms with Crippen molar-refractivity contribution in [3.63, 3.8) is 0 Å². The van der Waals surface area contributed by atoms with Gasteiger partial charge in [-0.25, -0.2) is 9.38 Å². The summed E-state index contributed by atoms with van der Waals surface area (Å²) < 4.78 is 12.9. The van der Waals surface area contributed by atoms with Crippen LogP contribution in [0.3, 0.4) is 0 Å². The van der Waals surface area contributed by atoms with Crippen molar-refractivity contribution in [2.24, 2.45) is 10.9 Å². The standard InChI is InChI=1S/C21H19FN2O2/c22-14-7-5-13(6-8-14)11-20(25)23-15-9-10-17-16-3-1-2-4-18(16)21(26)24-19(17)12-15/h5-10,12,17H,1-4,11H2,(H,24,26). The molecule has 1 aromatic rings. The van der Waals surface area contributed by atoms with E-state index in [1.54, 1.807) is 18.2 Å². The topological polar surface area (TPSA) is 58.5 Å². The highest BCUT2D eigenvalue weighted by atomic mass is 19.1. The fourth-order valence-corrected chi connectivity index (χ4v) is 3.78. The fourth-order valence-electron chi connectivity index (χ4n) is 3.78. The van der Waals surface area contributed by atoms with Crippen molar-refractivity contribution in [1.82, 2.24) is 5.32 Å². The number of hydrogen-bond acceptors (Lipinski definition) is 2. The summed E-state index contributed by atoms with van der Waals surface area (Å²) in [5.41, 5.74) is 4.18. The van der Waals surface area contributed by atoms with Crippen LogP contribution in [-0.4, -0.2) is 17.5 Å². The lowest BCUT2D eigenvalue weighted by Crippen LogP contribution is -2.37. The van der Waals surface area contributed by atoms with E-state index in [0.29, 0.717) is 11.3 Å². The molecule has 1 aliphatic heterocycles. The molecule has 0 bridgehead atoms. The molecule has 2 amide bonds. The summed E-state index contributed by atoms with van der Waals surface area (Å²) in [5, 5.41) is 2.96. The second kappa shape index (κ2) is 6.83. The molecule has 1 atom stereocenters. The van der Waals surface area contributed by atoms with Crippen molar-refractivity contribution >= 4 is 17.5 Å². The van der Waals surface area contributed by atoms with E-state index < -0.39 is 0 Å². The lowest BCUT2D eigenvalue weighted by Gasteiger charge is -2.33. The average Bonchev–Trinajstić information content (AvgIpc) is 2.64. The number of rotatable bonds is 2. The summed E-state index contributed by atoms with van der Waals surface area (Å²) in [4.78, 5) is 28.6. The quantitative estimate of drug-likeness (QED) is 0.889.